The molecule has 2 N–H and O–H groups in total. The zero-order chi connectivity index (χ0) is 14.3. The maximum absolute atomic E-state index is 11.2. The second kappa shape index (κ2) is 5.24. The van der Waals surface area contributed by atoms with Crippen LogP contribution < -0.4 is 9.42 Å². The van der Waals surface area contributed by atoms with Gasteiger partial charge in [-0.05, 0) is 18.1 Å². The van der Waals surface area contributed by atoms with Crippen molar-refractivity contribution >= 4 is 43.6 Å². The van der Waals surface area contributed by atoms with Crippen LogP contribution >= 0.6 is 20.6 Å². The van der Waals surface area contributed by atoms with Crippen molar-refractivity contribution < 1.29 is 14.2 Å². The number of alkyl halides is 1. The summed E-state index contributed by atoms with van der Waals surface area (Å²) in [5.74, 6) is 1.12. The third-order valence-electron chi connectivity index (χ3n) is 3.74. The number of carbonyl (C=O) groups is 1. The largest absolute Gasteiger partial charge is 0.448 e. The first kappa shape index (κ1) is 13.7. The molecule has 1 aromatic heterocycles. The number of nitrogens with zero attached hydrogens (tertiary/aromatic N) is 1. The van der Waals surface area contributed by atoms with Crippen molar-refractivity contribution in [2.75, 3.05) is 17.3 Å². The average molecular weight is 313 g/mol. The molecule has 0 spiro atoms. The number of benzene rings is 1. The molecule has 3 rings (SSSR count). The van der Waals surface area contributed by atoms with Gasteiger partial charge in [0.1, 0.15) is 0 Å². The molecule has 7 heteroatoms. The maximum atomic E-state index is 11.2. The van der Waals surface area contributed by atoms with Crippen LogP contribution in [0.5, 0.6) is 5.75 Å². The molecule has 0 radical (unpaired) electrons. The Hall–Kier alpha value is -1.29. The molecule has 2 atom stereocenters. The minimum absolute atomic E-state index is 0.111. The van der Waals surface area contributed by atoms with Gasteiger partial charge in [0.15, 0.2) is 5.75 Å². The summed E-state index contributed by atoms with van der Waals surface area (Å²) in [7, 11) is -0.643. The number of hydrogen-bond acceptors (Lipinski definition) is 3. The first-order chi connectivity index (χ1) is 9.71. The summed E-state index contributed by atoms with van der Waals surface area (Å²) >= 11 is 6.06. The Labute approximate surface area is 122 Å². The summed E-state index contributed by atoms with van der Waals surface area (Å²) in [6.45, 7) is 2.58. The van der Waals surface area contributed by atoms with Gasteiger partial charge < -0.3 is 19.3 Å². The number of aryl methyl sites for hydroxylation is 1. The Bertz CT molecular complexity index is 673. The minimum Gasteiger partial charge on any atom is -0.448 e. The van der Waals surface area contributed by atoms with E-state index in [0.29, 0.717) is 18.2 Å². The van der Waals surface area contributed by atoms with Crippen LogP contribution in [0.15, 0.2) is 12.3 Å². The van der Waals surface area contributed by atoms with Gasteiger partial charge >= 0.3 is 0 Å². The second-order valence-corrected chi connectivity index (χ2v) is 5.53. The number of H-pyrrole nitrogens is 1. The minimum atomic E-state index is -0.643. The lowest BCUT2D eigenvalue weighted by atomic mass is 9.97. The standard InChI is InChI=1S/C13H14ClN2O3P/c1-7-4-15-13-10(19-20-18)2-9-12(11(7)13)8(3-14)5-16(9)6-17/h2,4,6,8,15,18,20H,3,5H2,1H3. The van der Waals surface area contributed by atoms with Gasteiger partial charge in [-0.25, -0.2) is 0 Å². The van der Waals surface area contributed by atoms with Crippen LogP contribution in [0.3, 0.4) is 0 Å². The topological polar surface area (TPSA) is 65.6 Å². The lowest BCUT2D eigenvalue weighted by Crippen LogP contribution is -2.19. The smallest absolute Gasteiger partial charge is 0.214 e. The summed E-state index contributed by atoms with van der Waals surface area (Å²) in [4.78, 5) is 25.1. The molecule has 0 saturated carbocycles. The lowest BCUT2D eigenvalue weighted by molar-refractivity contribution is -0.107. The molecule has 106 valence electrons. The van der Waals surface area contributed by atoms with Gasteiger partial charge in [0, 0.05) is 36.0 Å². The highest BCUT2D eigenvalue weighted by Gasteiger charge is 2.32. The molecule has 1 aromatic carbocycles. The molecule has 2 aromatic rings. The Morgan fingerprint density at radius 3 is 3.15 bits per heavy atom. The number of aromatic nitrogens is 1. The first-order valence-electron chi connectivity index (χ1n) is 6.19. The van der Waals surface area contributed by atoms with Gasteiger partial charge in [0.2, 0.25) is 15.4 Å². The second-order valence-electron chi connectivity index (χ2n) is 4.83. The molecule has 2 heterocycles. The molecule has 0 bridgehead atoms. The van der Waals surface area contributed by atoms with E-state index in [2.05, 4.69) is 4.98 Å². The van der Waals surface area contributed by atoms with E-state index in [1.54, 1.807) is 11.0 Å². The summed E-state index contributed by atoms with van der Waals surface area (Å²) in [5.41, 5.74) is 3.81. The van der Waals surface area contributed by atoms with Crippen LogP contribution in [0.1, 0.15) is 17.0 Å². The molecule has 1 aliphatic heterocycles. The van der Waals surface area contributed by atoms with Crippen LogP contribution in [-0.4, -0.2) is 28.7 Å². The predicted molar refractivity (Wildman–Crippen MR) is 81.1 cm³/mol. The molecule has 1 amide bonds. The van der Waals surface area contributed by atoms with Crippen molar-refractivity contribution in [3.8, 4) is 5.75 Å². The van der Waals surface area contributed by atoms with E-state index >= 15 is 0 Å². The summed E-state index contributed by atoms with van der Waals surface area (Å²) in [6.07, 6.45) is 2.71. The highest BCUT2D eigenvalue weighted by atomic mass is 35.5. The highest BCUT2D eigenvalue weighted by molar-refractivity contribution is 7.25. The Morgan fingerprint density at radius 2 is 2.50 bits per heavy atom. The van der Waals surface area contributed by atoms with Crippen molar-refractivity contribution in [2.45, 2.75) is 12.8 Å². The van der Waals surface area contributed by atoms with Gasteiger partial charge in [-0.3, -0.25) is 4.79 Å². The van der Waals surface area contributed by atoms with Crippen molar-refractivity contribution in [3.05, 3.63) is 23.4 Å². The molecule has 1 aliphatic rings. The van der Waals surface area contributed by atoms with Gasteiger partial charge in [0.05, 0.1) is 11.2 Å². The van der Waals surface area contributed by atoms with Crippen LogP contribution in [0.25, 0.3) is 10.9 Å². The fraction of sp³-hybridized carbons (Fsp3) is 0.308. The molecular formula is C13H14ClN2O3P. The zero-order valence-electron chi connectivity index (χ0n) is 10.8. The summed E-state index contributed by atoms with van der Waals surface area (Å²) in [5, 5.41) is 1.03. The Balaban J connectivity index is 2.32. The number of hydrogen-bond donors (Lipinski definition) is 2. The van der Waals surface area contributed by atoms with E-state index in [-0.39, 0.29) is 5.92 Å². The van der Waals surface area contributed by atoms with Crippen molar-refractivity contribution in [1.29, 1.82) is 0 Å². The summed E-state index contributed by atoms with van der Waals surface area (Å²) < 4.78 is 5.30. The monoisotopic (exact) mass is 312 g/mol. The van der Waals surface area contributed by atoms with Gasteiger partial charge in [0.25, 0.3) is 0 Å². The third-order valence-corrected chi connectivity index (χ3v) is 4.42. The SMILES string of the molecule is Cc1c[nH]c2c(OPO)cc3c(c12)C(CCl)CN3C=O. The maximum Gasteiger partial charge on any atom is 0.214 e. The van der Waals surface area contributed by atoms with Crippen LogP contribution in [0.4, 0.5) is 5.69 Å². The van der Waals surface area contributed by atoms with Gasteiger partial charge in [-0.1, -0.05) is 0 Å². The number of halogens is 1. The third kappa shape index (κ3) is 1.89. The molecular weight excluding hydrogens is 299 g/mol. The fourth-order valence-corrected chi connectivity index (χ4v) is 3.41. The Kier molecular flexibility index (Phi) is 3.59. The summed E-state index contributed by atoms with van der Waals surface area (Å²) in [6, 6.07) is 1.79. The van der Waals surface area contributed by atoms with Crippen LogP contribution in [0, 0.1) is 6.92 Å². The van der Waals surface area contributed by atoms with E-state index in [9.17, 15) is 4.79 Å². The van der Waals surface area contributed by atoms with Gasteiger partial charge in [-0.2, -0.15) is 0 Å². The molecule has 20 heavy (non-hydrogen) atoms. The first-order valence-corrected chi connectivity index (χ1v) is 7.58. The van der Waals surface area contributed by atoms with Crippen LogP contribution in [0.2, 0.25) is 0 Å². The number of fused-ring (bicyclic) bond motifs is 3. The number of amides is 1. The van der Waals surface area contributed by atoms with Crippen molar-refractivity contribution in [1.82, 2.24) is 4.98 Å². The highest BCUT2D eigenvalue weighted by Crippen LogP contribution is 2.46. The van der Waals surface area contributed by atoms with E-state index < -0.39 is 9.03 Å². The quantitative estimate of drug-likeness (QED) is 0.518. The molecule has 0 fully saturated rings. The molecule has 2 unspecified atom stereocenters. The van der Waals surface area contributed by atoms with Crippen molar-refractivity contribution in [2.24, 2.45) is 0 Å². The zero-order valence-corrected chi connectivity index (χ0v) is 12.6. The number of carbonyl (C=O) groups excluding carboxylic acids is 1. The van der Waals surface area contributed by atoms with E-state index in [0.717, 1.165) is 34.1 Å². The molecule has 5 nitrogen and oxygen atoms in total. The normalized spacial score (nSPS) is 18.1. The number of nitrogens with one attached hydrogen (secondary N) is 1. The fourth-order valence-electron chi connectivity index (χ4n) is 2.90. The number of rotatable bonds is 4. The van der Waals surface area contributed by atoms with E-state index in [4.69, 9.17) is 21.0 Å². The molecule has 0 saturated heterocycles. The van der Waals surface area contributed by atoms with E-state index in [1.165, 1.54) is 0 Å². The molecule has 0 aliphatic carbocycles. The average Bonchev–Trinajstić information content (AvgIpc) is 3.00. The van der Waals surface area contributed by atoms with Crippen LogP contribution in [-0.2, 0) is 4.79 Å². The number of aromatic amines is 1. The number of anilines is 1. The van der Waals surface area contributed by atoms with Gasteiger partial charge in [-0.15, -0.1) is 11.6 Å². The lowest BCUT2D eigenvalue weighted by Gasteiger charge is -2.13. The van der Waals surface area contributed by atoms with E-state index in [1.807, 2.05) is 13.1 Å². The van der Waals surface area contributed by atoms with Crippen molar-refractivity contribution in [3.63, 3.8) is 0 Å². The Morgan fingerprint density at radius 1 is 1.70 bits per heavy atom. The predicted octanol–water partition coefficient (Wildman–Crippen LogP) is 2.65.